The van der Waals surface area contributed by atoms with E-state index in [0.29, 0.717) is 0 Å². The van der Waals surface area contributed by atoms with Crippen molar-refractivity contribution in [3.8, 4) is 0 Å². The van der Waals surface area contributed by atoms with Crippen LogP contribution in [-0.2, 0) is 0 Å². The molecule has 0 amide bonds. The van der Waals surface area contributed by atoms with Crippen LogP contribution in [0.3, 0.4) is 0 Å². The number of aliphatic hydroxyl groups excluding tert-OH is 1. The summed E-state index contributed by atoms with van der Waals surface area (Å²) in [5, 5.41) is 23.0. The Hall–Kier alpha value is -2.05. The second-order valence-electron chi connectivity index (χ2n) is 8.44. The average molecular weight is 415 g/mol. The third-order valence-electron chi connectivity index (χ3n) is 5.97. The summed E-state index contributed by atoms with van der Waals surface area (Å²) >= 11 is 1.79. The van der Waals surface area contributed by atoms with Crippen LogP contribution < -0.4 is 4.90 Å². The Bertz CT molecular complexity index is 886. The van der Waals surface area contributed by atoms with Gasteiger partial charge in [0.25, 0.3) is 5.69 Å². The number of aliphatic hydroxyl groups is 1. The van der Waals surface area contributed by atoms with Gasteiger partial charge in [0.1, 0.15) is 0 Å². The lowest BCUT2D eigenvalue weighted by Gasteiger charge is -2.37. The molecule has 5 nitrogen and oxygen atoms in total. The number of rotatable bonds is 6. The van der Waals surface area contributed by atoms with Gasteiger partial charge in [0.15, 0.2) is 0 Å². The van der Waals surface area contributed by atoms with Gasteiger partial charge in [0, 0.05) is 53.9 Å². The standard InChI is InChI=1S/C23H30N2O3S/c1-5-6-12-23(2)15-29-20-11-10-17(24(3)4)14-19(20)21(22(23)26)16-8-7-9-18(13-16)25(27)28/h7-11,13-14,21-22,26H,5-6,12,15H2,1-4H3/t21-,22-,23?/m1/s1. The van der Waals surface area contributed by atoms with Crippen molar-refractivity contribution in [1.29, 1.82) is 0 Å². The summed E-state index contributed by atoms with van der Waals surface area (Å²) in [5.74, 6) is 0.523. The van der Waals surface area contributed by atoms with Crippen LogP contribution in [0.5, 0.6) is 0 Å². The Balaban J connectivity index is 2.17. The molecular formula is C23H30N2O3S. The van der Waals surface area contributed by atoms with Gasteiger partial charge >= 0.3 is 0 Å². The first-order valence-electron chi connectivity index (χ1n) is 10.1. The normalized spacial score (nSPS) is 23.9. The van der Waals surface area contributed by atoms with Gasteiger partial charge in [0.2, 0.25) is 0 Å². The van der Waals surface area contributed by atoms with Gasteiger partial charge in [-0.15, -0.1) is 11.8 Å². The number of anilines is 1. The maximum atomic E-state index is 11.7. The Labute approximate surface area is 177 Å². The lowest BCUT2D eigenvalue weighted by molar-refractivity contribution is -0.384. The van der Waals surface area contributed by atoms with Gasteiger partial charge in [0.05, 0.1) is 11.0 Å². The Morgan fingerprint density at radius 1 is 1.28 bits per heavy atom. The third-order valence-corrected chi connectivity index (χ3v) is 7.46. The van der Waals surface area contributed by atoms with Crippen LogP contribution in [0.2, 0.25) is 0 Å². The van der Waals surface area contributed by atoms with Crippen molar-refractivity contribution in [2.24, 2.45) is 5.41 Å². The maximum absolute atomic E-state index is 11.7. The Morgan fingerprint density at radius 2 is 2.03 bits per heavy atom. The van der Waals surface area contributed by atoms with Crippen LogP contribution in [0, 0.1) is 15.5 Å². The van der Waals surface area contributed by atoms with E-state index in [1.165, 1.54) is 6.07 Å². The molecule has 29 heavy (non-hydrogen) atoms. The van der Waals surface area contributed by atoms with Gasteiger partial charge in [-0.3, -0.25) is 10.1 Å². The number of unbranched alkanes of at least 4 members (excludes halogenated alkanes) is 1. The van der Waals surface area contributed by atoms with Crippen molar-refractivity contribution in [3.05, 3.63) is 63.7 Å². The molecule has 6 heteroatoms. The zero-order valence-corrected chi connectivity index (χ0v) is 18.4. The molecule has 0 bridgehead atoms. The number of nitrogens with zero attached hydrogens (tertiary/aromatic N) is 2. The molecule has 0 saturated carbocycles. The quantitative estimate of drug-likeness (QED) is 0.502. The van der Waals surface area contributed by atoms with E-state index in [2.05, 4.69) is 32.0 Å². The Morgan fingerprint density at radius 3 is 2.69 bits per heavy atom. The number of fused-ring (bicyclic) bond motifs is 1. The highest BCUT2D eigenvalue weighted by Gasteiger charge is 2.42. The molecule has 156 valence electrons. The van der Waals surface area contributed by atoms with Crippen LogP contribution >= 0.6 is 11.8 Å². The number of hydrogen-bond donors (Lipinski definition) is 1. The number of hydrogen-bond acceptors (Lipinski definition) is 5. The van der Waals surface area contributed by atoms with E-state index in [9.17, 15) is 15.2 Å². The first-order chi connectivity index (χ1) is 13.8. The first kappa shape index (κ1) is 21.7. The molecule has 1 aliphatic rings. The fourth-order valence-corrected chi connectivity index (χ4v) is 5.40. The highest BCUT2D eigenvalue weighted by Crippen LogP contribution is 2.49. The highest BCUT2D eigenvalue weighted by atomic mass is 32.2. The SMILES string of the molecule is CCCCC1(C)CSc2ccc(N(C)C)cc2[C@@H](c2cccc([N+](=O)[O-])c2)[C@H]1O. The van der Waals surface area contributed by atoms with Gasteiger partial charge < -0.3 is 10.0 Å². The smallest absolute Gasteiger partial charge is 0.269 e. The summed E-state index contributed by atoms with van der Waals surface area (Å²) in [4.78, 5) is 14.2. The largest absolute Gasteiger partial charge is 0.392 e. The number of thioether (sulfide) groups is 1. The van der Waals surface area contributed by atoms with Crippen molar-refractivity contribution >= 4 is 23.1 Å². The van der Waals surface area contributed by atoms with Crippen LogP contribution in [0.1, 0.15) is 50.2 Å². The zero-order valence-electron chi connectivity index (χ0n) is 17.6. The molecule has 3 rings (SSSR count). The second kappa shape index (κ2) is 8.76. The predicted molar refractivity (Wildman–Crippen MR) is 120 cm³/mol. The molecule has 1 heterocycles. The van der Waals surface area contributed by atoms with Crippen LogP contribution in [0.25, 0.3) is 0 Å². The van der Waals surface area contributed by atoms with Gasteiger partial charge in [-0.05, 0) is 35.7 Å². The minimum Gasteiger partial charge on any atom is -0.392 e. The maximum Gasteiger partial charge on any atom is 0.269 e. The summed E-state index contributed by atoms with van der Waals surface area (Å²) in [5.41, 5.74) is 2.70. The third kappa shape index (κ3) is 4.43. The molecular weight excluding hydrogens is 384 g/mol. The van der Waals surface area contributed by atoms with Crippen molar-refractivity contribution in [3.63, 3.8) is 0 Å². The molecule has 3 atom stereocenters. The monoisotopic (exact) mass is 414 g/mol. The van der Waals surface area contributed by atoms with Crippen LogP contribution in [-0.4, -0.2) is 36.0 Å². The van der Waals surface area contributed by atoms with E-state index >= 15 is 0 Å². The zero-order chi connectivity index (χ0) is 21.2. The molecule has 0 fully saturated rings. The molecule has 2 aromatic carbocycles. The van der Waals surface area contributed by atoms with E-state index < -0.39 is 6.10 Å². The van der Waals surface area contributed by atoms with E-state index in [0.717, 1.165) is 46.7 Å². The fraction of sp³-hybridized carbons (Fsp3) is 0.478. The molecule has 1 unspecified atom stereocenters. The fourth-order valence-electron chi connectivity index (χ4n) is 4.08. The van der Waals surface area contributed by atoms with Gasteiger partial charge in [-0.2, -0.15) is 0 Å². The molecule has 0 aliphatic carbocycles. The minimum atomic E-state index is -0.623. The molecule has 1 N–H and O–H groups in total. The second-order valence-corrected chi connectivity index (χ2v) is 9.45. The lowest BCUT2D eigenvalue weighted by atomic mass is 9.71. The average Bonchev–Trinajstić information content (AvgIpc) is 2.81. The van der Waals surface area contributed by atoms with E-state index in [1.54, 1.807) is 23.9 Å². The van der Waals surface area contributed by atoms with Crippen LogP contribution in [0.15, 0.2) is 47.4 Å². The van der Waals surface area contributed by atoms with Crippen molar-refractivity contribution in [2.45, 2.75) is 50.0 Å². The van der Waals surface area contributed by atoms with Crippen molar-refractivity contribution in [1.82, 2.24) is 0 Å². The molecule has 0 spiro atoms. The molecule has 2 aromatic rings. The number of nitro benzene ring substituents is 1. The molecule has 0 saturated heterocycles. The summed E-state index contributed by atoms with van der Waals surface area (Å²) in [6, 6.07) is 13.1. The minimum absolute atomic E-state index is 0.0622. The number of benzene rings is 2. The summed E-state index contributed by atoms with van der Waals surface area (Å²) in [6.07, 6.45) is 2.43. The van der Waals surface area contributed by atoms with Crippen LogP contribution in [0.4, 0.5) is 11.4 Å². The van der Waals surface area contributed by atoms with E-state index in [4.69, 9.17) is 0 Å². The molecule has 0 radical (unpaired) electrons. The first-order valence-corrected chi connectivity index (χ1v) is 11.1. The topological polar surface area (TPSA) is 66.6 Å². The summed E-state index contributed by atoms with van der Waals surface area (Å²) < 4.78 is 0. The van der Waals surface area contributed by atoms with Gasteiger partial charge in [-0.25, -0.2) is 0 Å². The van der Waals surface area contributed by atoms with E-state index in [1.807, 2.05) is 25.1 Å². The van der Waals surface area contributed by atoms with Gasteiger partial charge in [-0.1, -0.05) is 38.8 Å². The van der Waals surface area contributed by atoms with Crippen molar-refractivity contribution < 1.29 is 10.0 Å². The molecule has 0 aromatic heterocycles. The summed E-state index contributed by atoms with van der Waals surface area (Å²) in [6.45, 7) is 4.32. The predicted octanol–water partition coefficient (Wildman–Crippen LogP) is 5.46. The Kier molecular flexibility index (Phi) is 6.54. The lowest BCUT2D eigenvalue weighted by Crippen LogP contribution is -2.38. The number of non-ortho nitro benzene ring substituents is 1. The highest BCUT2D eigenvalue weighted by molar-refractivity contribution is 7.99. The van der Waals surface area contributed by atoms with E-state index in [-0.39, 0.29) is 21.9 Å². The number of nitro groups is 1. The summed E-state index contributed by atoms with van der Waals surface area (Å²) in [7, 11) is 3.99. The molecule has 1 aliphatic heterocycles. The van der Waals surface area contributed by atoms with Crippen molar-refractivity contribution in [2.75, 3.05) is 24.7 Å².